The van der Waals surface area contributed by atoms with Crippen LogP contribution in [0.2, 0.25) is 0 Å². The van der Waals surface area contributed by atoms with Gasteiger partial charge in [0, 0.05) is 11.7 Å². The average Bonchev–Trinajstić information content (AvgIpc) is 2.24. The molecule has 0 aliphatic heterocycles. The van der Waals surface area contributed by atoms with E-state index in [1.54, 1.807) is 0 Å². The highest BCUT2D eigenvalue weighted by Gasteiger charge is 2.23. The van der Waals surface area contributed by atoms with Gasteiger partial charge in [0.25, 0.3) is 0 Å². The number of hydrogen-bond acceptors (Lipinski definition) is 2. The standard InChI is InChI=1S/C18H29O2P/c1-12-8-14(3)16(15(4)9-12)17(19)21(20)11-13(2)10-18(5,6)7/h8-9,13,21H,10-11H2,1-7H3. The maximum atomic E-state index is 12.5. The summed E-state index contributed by atoms with van der Waals surface area (Å²) >= 11 is 0. The van der Waals surface area contributed by atoms with Crippen LogP contribution in [0.5, 0.6) is 0 Å². The van der Waals surface area contributed by atoms with E-state index < -0.39 is 7.80 Å². The third-order valence-corrected chi connectivity index (χ3v) is 5.48. The number of aryl methyl sites for hydroxylation is 3. The van der Waals surface area contributed by atoms with E-state index in [9.17, 15) is 9.36 Å². The zero-order valence-electron chi connectivity index (χ0n) is 14.5. The van der Waals surface area contributed by atoms with Gasteiger partial charge in [-0.25, -0.2) is 0 Å². The molecule has 0 saturated heterocycles. The molecule has 0 saturated carbocycles. The van der Waals surface area contributed by atoms with Crippen LogP contribution in [0.4, 0.5) is 0 Å². The molecule has 1 rings (SSSR count). The molecule has 0 spiro atoms. The molecule has 2 nitrogen and oxygen atoms in total. The number of benzene rings is 1. The van der Waals surface area contributed by atoms with Crippen LogP contribution in [0.25, 0.3) is 0 Å². The Labute approximate surface area is 130 Å². The molecule has 0 amide bonds. The minimum Gasteiger partial charge on any atom is -0.318 e. The summed E-state index contributed by atoms with van der Waals surface area (Å²) in [5.41, 5.74) is 3.77. The third kappa shape index (κ3) is 5.43. The van der Waals surface area contributed by atoms with E-state index >= 15 is 0 Å². The second-order valence-electron chi connectivity index (χ2n) is 7.60. The van der Waals surface area contributed by atoms with Crippen LogP contribution in [0.15, 0.2) is 12.1 Å². The first-order chi connectivity index (χ1) is 9.51. The molecule has 0 fully saturated rings. The quantitative estimate of drug-likeness (QED) is 0.684. The Bertz CT molecular complexity index is 530. The molecule has 0 heterocycles. The van der Waals surface area contributed by atoms with Gasteiger partial charge in [0.15, 0.2) is 0 Å². The lowest BCUT2D eigenvalue weighted by Gasteiger charge is -2.23. The molecule has 2 atom stereocenters. The maximum Gasteiger partial charge on any atom is 0.219 e. The van der Waals surface area contributed by atoms with Gasteiger partial charge in [-0.15, -0.1) is 0 Å². The normalized spacial score (nSPS) is 14.8. The molecule has 1 aromatic carbocycles. The van der Waals surface area contributed by atoms with Gasteiger partial charge in [0.1, 0.15) is 7.80 Å². The molecule has 21 heavy (non-hydrogen) atoms. The zero-order valence-corrected chi connectivity index (χ0v) is 15.5. The molecular weight excluding hydrogens is 279 g/mol. The summed E-state index contributed by atoms with van der Waals surface area (Å²) in [5, 5.41) is 0. The number of carbonyl (C=O) groups is 1. The minimum absolute atomic E-state index is 0.143. The summed E-state index contributed by atoms with van der Waals surface area (Å²) in [5.74, 6) is 0.311. The van der Waals surface area contributed by atoms with Crippen molar-refractivity contribution in [3.63, 3.8) is 0 Å². The van der Waals surface area contributed by atoms with Crippen molar-refractivity contribution in [3.8, 4) is 0 Å². The summed E-state index contributed by atoms with van der Waals surface area (Å²) in [6.07, 6.45) is 1.51. The summed E-state index contributed by atoms with van der Waals surface area (Å²) in [6.45, 7) is 14.5. The minimum atomic E-state index is -2.24. The summed E-state index contributed by atoms with van der Waals surface area (Å²) in [6, 6.07) is 3.99. The van der Waals surface area contributed by atoms with Gasteiger partial charge in [-0.3, -0.25) is 4.79 Å². The van der Waals surface area contributed by atoms with E-state index in [4.69, 9.17) is 0 Å². The molecule has 0 radical (unpaired) electrons. The fourth-order valence-electron chi connectivity index (χ4n) is 3.20. The van der Waals surface area contributed by atoms with Crippen LogP contribution in [-0.4, -0.2) is 11.7 Å². The van der Waals surface area contributed by atoms with E-state index in [1.807, 2.05) is 32.9 Å². The molecule has 118 valence electrons. The van der Waals surface area contributed by atoms with E-state index in [-0.39, 0.29) is 10.9 Å². The first kappa shape index (κ1) is 18.2. The highest BCUT2D eigenvalue weighted by Crippen LogP contribution is 2.35. The lowest BCUT2D eigenvalue weighted by Crippen LogP contribution is -2.14. The van der Waals surface area contributed by atoms with E-state index in [0.717, 1.165) is 23.1 Å². The van der Waals surface area contributed by atoms with Crippen molar-refractivity contribution in [1.29, 1.82) is 0 Å². The Morgan fingerprint density at radius 1 is 1.14 bits per heavy atom. The fourth-order valence-corrected chi connectivity index (χ4v) is 4.84. The molecule has 3 heteroatoms. The van der Waals surface area contributed by atoms with Gasteiger partial charge in [-0.05, 0) is 49.7 Å². The molecule has 0 aliphatic rings. The van der Waals surface area contributed by atoms with E-state index in [2.05, 4.69) is 27.7 Å². The first-order valence-electron chi connectivity index (χ1n) is 7.66. The maximum absolute atomic E-state index is 12.5. The molecular formula is C18H29O2P. The van der Waals surface area contributed by atoms with Crippen molar-refractivity contribution >= 4 is 13.3 Å². The summed E-state index contributed by atoms with van der Waals surface area (Å²) in [4.78, 5) is 12.5. The van der Waals surface area contributed by atoms with Crippen LogP contribution < -0.4 is 0 Å². The van der Waals surface area contributed by atoms with Crippen LogP contribution in [0, 0.1) is 32.1 Å². The molecule has 1 aromatic rings. The average molecular weight is 308 g/mol. The lowest BCUT2D eigenvalue weighted by atomic mass is 9.86. The number of carbonyl (C=O) groups excluding carboxylic acids is 1. The van der Waals surface area contributed by atoms with Crippen molar-refractivity contribution in [2.45, 2.75) is 54.9 Å². The number of rotatable bonds is 5. The van der Waals surface area contributed by atoms with E-state index in [0.29, 0.717) is 17.6 Å². The second-order valence-corrected chi connectivity index (χ2v) is 9.31. The molecule has 0 aromatic heterocycles. The Balaban J connectivity index is 2.87. The Hall–Kier alpha value is -0.880. The second kappa shape index (κ2) is 6.92. The molecule has 0 aliphatic carbocycles. The van der Waals surface area contributed by atoms with Crippen LogP contribution >= 0.6 is 7.80 Å². The van der Waals surface area contributed by atoms with Crippen LogP contribution in [0.3, 0.4) is 0 Å². The lowest BCUT2D eigenvalue weighted by molar-refractivity contribution is 0.107. The van der Waals surface area contributed by atoms with Crippen molar-refractivity contribution in [2.24, 2.45) is 11.3 Å². The molecule has 0 N–H and O–H groups in total. The number of hydrogen-bond donors (Lipinski definition) is 0. The van der Waals surface area contributed by atoms with Crippen LogP contribution in [-0.2, 0) is 4.57 Å². The van der Waals surface area contributed by atoms with Gasteiger partial charge in [0.2, 0.25) is 5.52 Å². The summed E-state index contributed by atoms with van der Waals surface area (Å²) in [7, 11) is -2.24. The SMILES string of the molecule is Cc1cc(C)c(C(=O)[PH](=O)CC(C)CC(C)(C)C)c(C)c1. The Morgan fingerprint density at radius 2 is 1.62 bits per heavy atom. The van der Waals surface area contributed by atoms with Crippen molar-refractivity contribution in [1.82, 2.24) is 0 Å². The smallest absolute Gasteiger partial charge is 0.219 e. The predicted octanol–water partition coefficient (Wildman–Crippen LogP) is 5.38. The third-order valence-electron chi connectivity index (χ3n) is 3.65. The Morgan fingerprint density at radius 3 is 2.05 bits per heavy atom. The highest BCUT2D eigenvalue weighted by atomic mass is 31.1. The first-order valence-corrected chi connectivity index (χ1v) is 9.28. The van der Waals surface area contributed by atoms with Crippen molar-refractivity contribution in [2.75, 3.05) is 6.16 Å². The molecule has 0 bridgehead atoms. The topological polar surface area (TPSA) is 34.1 Å². The highest BCUT2D eigenvalue weighted by molar-refractivity contribution is 7.64. The van der Waals surface area contributed by atoms with Gasteiger partial charge >= 0.3 is 0 Å². The zero-order chi connectivity index (χ0) is 16.4. The molecule has 2 unspecified atom stereocenters. The van der Waals surface area contributed by atoms with Gasteiger partial charge in [0.05, 0.1) is 0 Å². The van der Waals surface area contributed by atoms with Crippen molar-refractivity contribution < 1.29 is 9.36 Å². The van der Waals surface area contributed by atoms with Crippen molar-refractivity contribution in [3.05, 3.63) is 34.4 Å². The summed E-state index contributed by atoms with van der Waals surface area (Å²) < 4.78 is 12.5. The predicted molar refractivity (Wildman–Crippen MR) is 92.1 cm³/mol. The van der Waals surface area contributed by atoms with Gasteiger partial charge < -0.3 is 4.57 Å². The van der Waals surface area contributed by atoms with E-state index in [1.165, 1.54) is 0 Å². The fraction of sp³-hybridized carbons (Fsp3) is 0.611. The van der Waals surface area contributed by atoms with Gasteiger partial charge in [-0.2, -0.15) is 0 Å². The Kier molecular flexibility index (Phi) is 5.99. The monoisotopic (exact) mass is 308 g/mol. The van der Waals surface area contributed by atoms with Crippen LogP contribution in [0.1, 0.15) is 61.2 Å². The largest absolute Gasteiger partial charge is 0.318 e. The van der Waals surface area contributed by atoms with Gasteiger partial charge in [-0.1, -0.05) is 45.4 Å².